The maximum atomic E-state index is 10.7. The van der Waals surface area contributed by atoms with Gasteiger partial charge in [-0.3, -0.25) is 10.1 Å². The Kier molecular flexibility index (Phi) is 4.44. The fourth-order valence-corrected chi connectivity index (χ4v) is 2.83. The van der Waals surface area contributed by atoms with Crippen molar-refractivity contribution < 1.29 is 10.0 Å². The van der Waals surface area contributed by atoms with E-state index in [9.17, 15) is 15.2 Å². The number of hydrogen-bond acceptors (Lipinski definition) is 4. The maximum Gasteiger partial charge on any atom is 0.271 e. The molecule has 0 aromatic heterocycles. The Morgan fingerprint density at radius 1 is 1.33 bits per heavy atom. The SMILES string of the molecule is CC1(C)CCC(O)(CNc2ccc([N+](=O)[O-])cc2Cl)CC1. The van der Waals surface area contributed by atoms with E-state index in [2.05, 4.69) is 19.2 Å². The molecule has 21 heavy (non-hydrogen) atoms. The van der Waals surface area contributed by atoms with Crippen LogP contribution in [0, 0.1) is 15.5 Å². The third kappa shape index (κ3) is 4.08. The fourth-order valence-electron chi connectivity index (χ4n) is 2.59. The molecule has 1 aliphatic rings. The Labute approximate surface area is 129 Å². The van der Waals surface area contributed by atoms with Gasteiger partial charge in [-0.1, -0.05) is 25.4 Å². The van der Waals surface area contributed by atoms with E-state index < -0.39 is 10.5 Å². The Balaban J connectivity index is 1.98. The van der Waals surface area contributed by atoms with Gasteiger partial charge in [-0.15, -0.1) is 0 Å². The van der Waals surface area contributed by atoms with Crippen LogP contribution in [0.1, 0.15) is 39.5 Å². The van der Waals surface area contributed by atoms with Crippen LogP contribution in [-0.2, 0) is 0 Å². The molecule has 1 aliphatic carbocycles. The summed E-state index contributed by atoms with van der Waals surface area (Å²) >= 11 is 6.03. The summed E-state index contributed by atoms with van der Waals surface area (Å²) in [7, 11) is 0. The molecule has 1 aromatic carbocycles. The van der Waals surface area contributed by atoms with Crippen LogP contribution >= 0.6 is 11.6 Å². The normalized spacial score (nSPS) is 20.0. The summed E-state index contributed by atoms with van der Waals surface area (Å²) in [6.45, 7) is 4.83. The number of nitrogens with one attached hydrogen (secondary N) is 1. The molecule has 0 unspecified atom stereocenters. The van der Waals surface area contributed by atoms with E-state index >= 15 is 0 Å². The number of non-ortho nitro benzene ring substituents is 1. The largest absolute Gasteiger partial charge is 0.388 e. The molecule has 5 nitrogen and oxygen atoms in total. The smallest absolute Gasteiger partial charge is 0.271 e. The van der Waals surface area contributed by atoms with Crippen molar-refractivity contribution >= 4 is 23.0 Å². The van der Waals surface area contributed by atoms with Gasteiger partial charge >= 0.3 is 0 Å². The van der Waals surface area contributed by atoms with Gasteiger partial charge in [-0.05, 0) is 37.2 Å². The molecule has 6 heteroatoms. The number of anilines is 1. The van der Waals surface area contributed by atoms with Gasteiger partial charge in [0, 0.05) is 18.7 Å². The fraction of sp³-hybridized carbons (Fsp3) is 0.600. The highest BCUT2D eigenvalue weighted by Crippen LogP contribution is 2.40. The van der Waals surface area contributed by atoms with Crippen LogP contribution in [0.5, 0.6) is 0 Å². The zero-order valence-electron chi connectivity index (χ0n) is 12.4. The van der Waals surface area contributed by atoms with Crippen LogP contribution in [-0.4, -0.2) is 22.2 Å². The molecule has 0 aliphatic heterocycles. The van der Waals surface area contributed by atoms with Gasteiger partial charge < -0.3 is 10.4 Å². The van der Waals surface area contributed by atoms with Crippen molar-refractivity contribution in [2.24, 2.45) is 5.41 Å². The molecule has 0 radical (unpaired) electrons. The van der Waals surface area contributed by atoms with E-state index in [1.165, 1.54) is 12.1 Å². The molecule has 1 saturated carbocycles. The summed E-state index contributed by atoms with van der Waals surface area (Å²) in [5.41, 5.74) is 0.127. The van der Waals surface area contributed by atoms with Gasteiger partial charge in [0.25, 0.3) is 5.69 Å². The first-order chi connectivity index (χ1) is 9.71. The van der Waals surface area contributed by atoms with Crippen molar-refractivity contribution in [3.05, 3.63) is 33.3 Å². The van der Waals surface area contributed by atoms with Gasteiger partial charge in [0.1, 0.15) is 0 Å². The van der Waals surface area contributed by atoms with Crippen molar-refractivity contribution in [3.63, 3.8) is 0 Å². The molecule has 116 valence electrons. The molecule has 0 bridgehead atoms. The zero-order valence-corrected chi connectivity index (χ0v) is 13.1. The molecule has 2 rings (SSSR count). The second kappa shape index (κ2) is 5.81. The third-order valence-corrected chi connectivity index (χ3v) is 4.62. The number of rotatable bonds is 4. The van der Waals surface area contributed by atoms with Crippen molar-refractivity contribution in [1.29, 1.82) is 0 Å². The first-order valence-corrected chi connectivity index (χ1v) is 7.49. The molecule has 0 heterocycles. The van der Waals surface area contributed by atoms with E-state index in [4.69, 9.17) is 11.6 Å². The second-order valence-electron chi connectivity index (χ2n) is 6.66. The molecule has 0 amide bonds. The number of aliphatic hydroxyl groups is 1. The molecular formula is C15H21ClN2O3. The predicted octanol–water partition coefficient (Wildman–Crippen LogP) is 3.99. The Morgan fingerprint density at radius 3 is 2.48 bits per heavy atom. The van der Waals surface area contributed by atoms with Crippen LogP contribution in [0.3, 0.4) is 0 Å². The molecule has 1 fully saturated rings. The number of nitro benzene ring substituents is 1. The summed E-state index contributed by atoms with van der Waals surface area (Å²) in [5.74, 6) is 0. The average molecular weight is 313 g/mol. The summed E-state index contributed by atoms with van der Waals surface area (Å²) in [6, 6.07) is 4.30. The first-order valence-electron chi connectivity index (χ1n) is 7.11. The minimum Gasteiger partial charge on any atom is -0.388 e. The maximum absolute atomic E-state index is 10.7. The van der Waals surface area contributed by atoms with Crippen LogP contribution in [0.15, 0.2) is 18.2 Å². The monoisotopic (exact) mass is 312 g/mol. The van der Waals surface area contributed by atoms with Gasteiger partial charge in [0.2, 0.25) is 0 Å². The van der Waals surface area contributed by atoms with Crippen LogP contribution < -0.4 is 5.32 Å². The van der Waals surface area contributed by atoms with Gasteiger partial charge in [-0.2, -0.15) is 0 Å². The lowest BCUT2D eigenvalue weighted by Crippen LogP contribution is -2.42. The van der Waals surface area contributed by atoms with Crippen molar-refractivity contribution in [2.45, 2.75) is 45.1 Å². The van der Waals surface area contributed by atoms with Crippen LogP contribution in [0.2, 0.25) is 5.02 Å². The highest BCUT2D eigenvalue weighted by atomic mass is 35.5. The van der Waals surface area contributed by atoms with Gasteiger partial charge in [-0.25, -0.2) is 0 Å². The number of benzene rings is 1. The molecule has 0 atom stereocenters. The third-order valence-electron chi connectivity index (χ3n) is 4.31. The van der Waals surface area contributed by atoms with Crippen molar-refractivity contribution in [1.82, 2.24) is 0 Å². The number of nitro groups is 1. The second-order valence-corrected chi connectivity index (χ2v) is 7.07. The lowest BCUT2D eigenvalue weighted by molar-refractivity contribution is -0.384. The van der Waals surface area contributed by atoms with E-state index in [-0.39, 0.29) is 11.1 Å². The number of hydrogen-bond donors (Lipinski definition) is 2. The molecule has 0 spiro atoms. The number of nitrogens with zero attached hydrogens (tertiary/aromatic N) is 1. The quantitative estimate of drug-likeness (QED) is 0.651. The van der Waals surface area contributed by atoms with Gasteiger partial charge in [0.05, 0.1) is 21.2 Å². The predicted molar refractivity (Wildman–Crippen MR) is 83.8 cm³/mol. The van der Waals surface area contributed by atoms with Crippen LogP contribution in [0.25, 0.3) is 0 Å². The van der Waals surface area contributed by atoms with E-state index in [0.717, 1.165) is 25.7 Å². The summed E-state index contributed by atoms with van der Waals surface area (Å²) < 4.78 is 0. The standard InChI is InChI=1S/C15H21ClN2O3/c1-14(2)5-7-15(19,8-6-14)10-17-13-4-3-11(18(20)21)9-12(13)16/h3-4,9,17,19H,5-8,10H2,1-2H3. The molecular weight excluding hydrogens is 292 g/mol. The highest BCUT2D eigenvalue weighted by molar-refractivity contribution is 6.33. The summed E-state index contributed by atoms with van der Waals surface area (Å²) in [6.07, 6.45) is 3.47. The lowest BCUT2D eigenvalue weighted by Gasteiger charge is -2.40. The molecule has 2 N–H and O–H groups in total. The number of halogens is 1. The van der Waals surface area contributed by atoms with Crippen molar-refractivity contribution in [2.75, 3.05) is 11.9 Å². The highest BCUT2D eigenvalue weighted by Gasteiger charge is 2.36. The first kappa shape index (κ1) is 16.0. The molecule has 1 aromatic rings. The molecule has 0 saturated heterocycles. The summed E-state index contributed by atoms with van der Waals surface area (Å²) in [5, 5.41) is 24.7. The van der Waals surface area contributed by atoms with Crippen molar-refractivity contribution in [3.8, 4) is 0 Å². The van der Waals surface area contributed by atoms with E-state index in [1.807, 2.05) is 0 Å². The van der Waals surface area contributed by atoms with E-state index in [1.54, 1.807) is 6.07 Å². The van der Waals surface area contributed by atoms with Gasteiger partial charge in [0.15, 0.2) is 0 Å². The van der Waals surface area contributed by atoms with E-state index in [0.29, 0.717) is 17.3 Å². The Hall–Kier alpha value is -1.33. The minimum absolute atomic E-state index is 0.0383. The minimum atomic E-state index is -0.735. The lowest BCUT2D eigenvalue weighted by atomic mass is 9.71. The Morgan fingerprint density at radius 2 is 1.95 bits per heavy atom. The topological polar surface area (TPSA) is 75.4 Å². The summed E-state index contributed by atoms with van der Waals surface area (Å²) in [4.78, 5) is 10.2. The Bertz CT molecular complexity index is 536. The van der Waals surface area contributed by atoms with Crippen LogP contribution in [0.4, 0.5) is 11.4 Å². The average Bonchev–Trinajstić information content (AvgIpc) is 2.41. The zero-order chi connectivity index (χ0) is 15.7.